The van der Waals surface area contributed by atoms with E-state index in [0.29, 0.717) is 28.4 Å². The van der Waals surface area contributed by atoms with Crippen LogP contribution < -0.4 is 5.73 Å². The Bertz CT molecular complexity index is 589. The van der Waals surface area contributed by atoms with Gasteiger partial charge < -0.3 is 5.73 Å². The van der Waals surface area contributed by atoms with Gasteiger partial charge in [-0.2, -0.15) is 4.31 Å². The van der Waals surface area contributed by atoms with Crippen molar-refractivity contribution in [1.82, 2.24) is 4.31 Å². The Hall–Kier alpha value is -0.430. The number of benzene rings is 1. The van der Waals surface area contributed by atoms with Crippen LogP contribution in [-0.4, -0.2) is 25.3 Å². The predicted molar refractivity (Wildman–Crippen MR) is 83.8 cm³/mol. The molecular formula is C14H21BrN2O2S. The van der Waals surface area contributed by atoms with Gasteiger partial charge in [0.05, 0.1) is 4.90 Å². The minimum atomic E-state index is -3.45. The van der Waals surface area contributed by atoms with Gasteiger partial charge in [-0.1, -0.05) is 13.0 Å². The van der Waals surface area contributed by atoms with E-state index in [-0.39, 0.29) is 6.04 Å². The summed E-state index contributed by atoms with van der Waals surface area (Å²) in [6, 6.07) is 5.24. The lowest BCUT2D eigenvalue weighted by molar-refractivity contribution is 0.202. The maximum Gasteiger partial charge on any atom is 0.244 e. The molecule has 0 radical (unpaired) electrons. The second-order valence-corrected chi connectivity index (χ2v) is 8.16. The van der Waals surface area contributed by atoms with E-state index in [1.54, 1.807) is 22.5 Å². The van der Waals surface area contributed by atoms with Crippen molar-refractivity contribution < 1.29 is 8.42 Å². The number of hydrogen-bond donors (Lipinski definition) is 1. The molecule has 0 spiro atoms. The Labute approximate surface area is 129 Å². The van der Waals surface area contributed by atoms with Gasteiger partial charge in [0.2, 0.25) is 10.0 Å². The highest BCUT2D eigenvalue weighted by Crippen LogP contribution is 2.32. The van der Waals surface area contributed by atoms with E-state index in [9.17, 15) is 8.42 Å². The first-order chi connectivity index (χ1) is 9.37. The fourth-order valence-corrected chi connectivity index (χ4v) is 5.50. The van der Waals surface area contributed by atoms with Crippen LogP contribution in [0.2, 0.25) is 0 Å². The van der Waals surface area contributed by atoms with Gasteiger partial charge in [0, 0.05) is 23.6 Å². The van der Waals surface area contributed by atoms with Crippen molar-refractivity contribution in [2.24, 2.45) is 11.7 Å². The third-order valence-electron chi connectivity index (χ3n) is 4.13. The number of piperidine rings is 1. The standard InChI is InChI=1S/C14H21BrN2O2S/c1-10-4-3-7-17(11(10)2)20(18,19)14-6-5-12(9-16)8-13(14)15/h5-6,8,10-11H,3-4,7,9,16H2,1-2H3. The fraction of sp³-hybridized carbons (Fsp3) is 0.571. The SMILES string of the molecule is CC1CCCN(S(=O)(=O)c2ccc(CN)cc2Br)C1C. The molecule has 2 atom stereocenters. The first-order valence-electron chi connectivity index (χ1n) is 6.88. The second-order valence-electron chi connectivity index (χ2n) is 5.44. The van der Waals surface area contributed by atoms with Crippen LogP contribution in [0.15, 0.2) is 27.6 Å². The number of nitrogens with two attached hydrogens (primary N) is 1. The maximum atomic E-state index is 12.8. The summed E-state index contributed by atoms with van der Waals surface area (Å²) >= 11 is 3.36. The number of rotatable bonds is 3. The predicted octanol–water partition coefficient (Wildman–Crippen LogP) is 2.72. The zero-order valence-electron chi connectivity index (χ0n) is 11.8. The number of hydrogen-bond acceptors (Lipinski definition) is 3. The van der Waals surface area contributed by atoms with Crippen LogP contribution >= 0.6 is 15.9 Å². The summed E-state index contributed by atoms with van der Waals surface area (Å²) in [6.07, 6.45) is 2.00. The molecule has 4 nitrogen and oxygen atoms in total. The van der Waals surface area contributed by atoms with Gasteiger partial charge in [-0.05, 0) is 59.3 Å². The molecule has 0 bridgehead atoms. The molecule has 0 aliphatic carbocycles. The van der Waals surface area contributed by atoms with Crippen molar-refractivity contribution in [2.75, 3.05) is 6.54 Å². The van der Waals surface area contributed by atoms with E-state index in [2.05, 4.69) is 22.9 Å². The molecule has 1 aliphatic heterocycles. The molecule has 2 rings (SSSR count). The monoisotopic (exact) mass is 360 g/mol. The van der Waals surface area contributed by atoms with Crippen molar-refractivity contribution in [3.63, 3.8) is 0 Å². The zero-order valence-corrected chi connectivity index (χ0v) is 14.2. The average Bonchev–Trinajstić information content (AvgIpc) is 2.41. The molecule has 112 valence electrons. The van der Waals surface area contributed by atoms with E-state index in [0.717, 1.165) is 18.4 Å². The normalized spacial score (nSPS) is 24.8. The molecular weight excluding hydrogens is 340 g/mol. The highest BCUT2D eigenvalue weighted by Gasteiger charge is 2.35. The van der Waals surface area contributed by atoms with Crippen LogP contribution in [0.4, 0.5) is 0 Å². The van der Waals surface area contributed by atoms with Gasteiger partial charge in [-0.15, -0.1) is 0 Å². The van der Waals surface area contributed by atoms with Crippen molar-refractivity contribution in [3.8, 4) is 0 Å². The van der Waals surface area contributed by atoms with Gasteiger partial charge in [0.25, 0.3) is 0 Å². The van der Waals surface area contributed by atoms with Crippen molar-refractivity contribution in [1.29, 1.82) is 0 Å². The van der Waals surface area contributed by atoms with Gasteiger partial charge in [0.1, 0.15) is 0 Å². The summed E-state index contributed by atoms with van der Waals surface area (Å²) < 4.78 is 27.9. The van der Waals surface area contributed by atoms with Crippen molar-refractivity contribution in [2.45, 2.75) is 44.2 Å². The quantitative estimate of drug-likeness (QED) is 0.900. The Balaban J connectivity index is 2.39. The third-order valence-corrected chi connectivity index (χ3v) is 7.10. The van der Waals surface area contributed by atoms with Crippen molar-refractivity contribution in [3.05, 3.63) is 28.2 Å². The first-order valence-corrected chi connectivity index (χ1v) is 9.11. The molecule has 2 N–H and O–H groups in total. The maximum absolute atomic E-state index is 12.8. The molecule has 1 aromatic carbocycles. The van der Waals surface area contributed by atoms with E-state index < -0.39 is 10.0 Å². The summed E-state index contributed by atoms with van der Waals surface area (Å²) in [6.45, 7) is 5.09. The summed E-state index contributed by atoms with van der Waals surface area (Å²) in [5.74, 6) is 0.389. The van der Waals surface area contributed by atoms with Gasteiger partial charge in [-0.25, -0.2) is 8.42 Å². The molecule has 0 amide bonds. The smallest absolute Gasteiger partial charge is 0.244 e. The molecule has 0 saturated carbocycles. The molecule has 1 aliphatic rings. The zero-order chi connectivity index (χ0) is 14.9. The summed E-state index contributed by atoms with van der Waals surface area (Å²) in [5, 5.41) is 0. The van der Waals surface area contributed by atoms with E-state index in [4.69, 9.17) is 5.73 Å². The Morgan fingerprint density at radius 3 is 2.70 bits per heavy atom. The van der Waals surface area contributed by atoms with Crippen LogP contribution in [0.1, 0.15) is 32.3 Å². The minimum Gasteiger partial charge on any atom is -0.326 e. The molecule has 2 unspecified atom stereocenters. The molecule has 1 aromatic rings. The lowest BCUT2D eigenvalue weighted by Gasteiger charge is -2.37. The molecule has 1 saturated heterocycles. The minimum absolute atomic E-state index is 0.0369. The first kappa shape index (κ1) is 15.9. The second kappa shape index (κ2) is 6.13. The average molecular weight is 361 g/mol. The molecule has 0 aromatic heterocycles. The van der Waals surface area contributed by atoms with Crippen LogP contribution in [0.5, 0.6) is 0 Å². The summed E-state index contributed by atoms with van der Waals surface area (Å²) in [7, 11) is -3.45. The Kier molecular flexibility index (Phi) is 4.89. The fourth-order valence-electron chi connectivity index (χ4n) is 2.64. The lowest BCUT2D eigenvalue weighted by Crippen LogP contribution is -2.45. The number of nitrogens with zero attached hydrogens (tertiary/aromatic N) is 1. The molecule has 20 heavy (non-hydrogen) atoms. The van der Waals surface area contributed by atoms with E-state index >= 15 is 0 Å². The topological polar surface area (TPSA) is 63.4 Å². The Morgan fingerprint density at radius 1 is 1.40 bits per heavy atom. The molecule has 1 heterocycles. The largest absolute Gasteiger partial charge is 0.326 e. The van der Waals surface area contributed by atoms with Gasteiger partial charge in [-0.3, -0.25) is 0 Å². The molecule has 1 fully saturated rings. The molecule has 6 heteroatoms. The van der Waals surface area contributed by atoms with Crippen LogP contribution in [-0.2, 0) is 16.6 Å². The van der Waals surface area contributed by atoms with E-state index in [1.807, 2.05) is 6.92 Å². The summed E-state index contributed by atoms with van der Waals surface area (Å²) in [4.78, 5) is 0.329. The summed E-state index contributed by atoms with van der Waals surface area (Å²) in [5.41, 5.74) is 6.49. The van der Waals surface area contributed by atoms with Gasteiger partial charge in [0.15, 0.2) is 0 Å². The lowest BCUT2D eigenvalue weighted by atomic mass is 9.94. The van der Waals surface area contributed by atoms with Crippen LogP contribution in [0, 0.1) is 5.92 Å². The van der Waals surface area contributed by atoms with Crippen LogP contribution in [0.3, 0.4) is 0 Å². The van der Waals surface area contributed by atoms with Crippen LogP contribution in [0.25, 0.3) is 0 Å². The third kappa shape index (κ3) is 2.93. The van der Waals surface area contributed by atoms with E-state index in [1.165, 1.54) is 0 Å². The number of halogens is 1. The highest BCUT2D eigenvalue weighted by molar-refractivity contribution is 9.10. The van der Waals surface area contributed by atoms with Crippen molar-refractivity contribution >= 4 is 26.0 Å². The Morgan fingerprint density at radius 2 is 2.10 bits per heavy atom. The van der Waals surface area contributed by atoms with Gasteiger partial charge >= 0.3 is 0 Å². The number of sulfonamides is 1. The highest BCUT2D eigenvalue weighted by atomic mass is 79.9.